The molecule has 0 spiro atoms. The van der Waals surface area contributed by atoms with Gasteiger partial charge in [0.15, 0.2) is 0 Å². The summed E-state index contributed by atoms with van der Waals surface area (Å²) in [7, 11) is 1.63. The largest absolute Gasteiger partial charge is 0.496 e. The number of aromatic amines is 2. The highest BCUT2D eigenvalue weighted by Gasteiger charge is 2.27. The lowest BCUT2D eigenvalue weighted by Gasteiger charge is -2.30. The summed E-state index contributed by atoms with van der Waals surface area (Å²) >= 11 is 0. The van der Waals surface area contributed by atoms with Crippen LogP contribution >= 0.6 is 0 Å². The lowest BCUT2D eigenvalue weighted by atomic mass is 9.96. The van der Waals surface area contributed by atoms with E-state index < -0.39 is 0 Å². The van der Waals surface area contributed by atoms with Crippen molar-refractivity contribution in [3.8, 4) is 17.0 Å². The van der Waals surface area contributed by atoms with Gasteiger partial charge in [-0.1, -0.05) is 12.1 Å². The van der Waals surface area contributed by atoms with E-state index in [2.05, 4.69) is 20.2 Å². The molecular weight excluding hydrogens is 330 g/mol. The van der Waals surface area contributed by atoms with E-state index in [4.69, 9.17) is 4.74 Å². The van der Waals surface area contributed by atoms with Crippen LogP contribution in [0.2, 0.25) is 0 Å². The fourth-order valence-corrected chi connectivity index (χ4v) is 3.45. The number of aromatic nitrogens is 4. The van der Waals surface area contributed by atoms with Gasteiger partial charge < -0.3 is 14.6 Å². The number of rotatable bonds is 4. The van der Waals surface area contributed by atoms with E-state index in [0.717, 1.165) is 30.0 Å². The zero-order chi connectivity index (χ0) is 17.9. The second kappa shape index (κ2) is 7.03. The van der Waals surface area contributed by atoms with Crippen molar-refractivity contribution in [2.75, 3.05) is 20.2 Å². The second-order valence-electron chi connectivity index (χ2n) is 6.41. The van der Waals surface area contributed by atoms with Crippen LogP contribution in [0.5, 0.6) is 5.75 Å². The molecule has 1 aliphatic rings. The maximum Gasteiger partial charge on any atom is 0.271 e. The summed E-state index contributed by atoms with van der Waals surface area (Å²) in [4.78, 5) is 22.2. The Morgan fingerprint density at radius 1 is 1.27 bits per heavy atom. The molecular formula is C19H21N5O2. The summed E-state index contributed by atoms with van der Waals surface area (Å²) < 4.78 is 5.37. The first kappa shape index (κ1) is 16.4. The molecule has 2 N–H and O–H groups in total. The SMILES string of the molecule is COc1ccccc1-c1cc(C(=O)N2CCC(c3ncc[nH]3)CC2)[nH]n1. The standard InChI is InChI=1S/C19H21N5O2/c1-26-17-5-3-2-4-14(17)15-12-16(23-22-15)19(25)24-10-6-13(7-11-24)18-20-8-9-21-18/h2-5,8-9,12-13H,6-7,10-11H2,1H3,(H,20,21)(H,22,23). The van der Waals surface area contributed by atoms with Crippen LogP contribution in [-0.4, -0.2) is 51.2 Å². The molecule has 26 heavy (non-hydrogen) atoms. The van der Waals surface area contributed by atoms with Gasteiger partial charge in [-0.25, -0.2) is 4.98 Å². The van der Waals surface area contributed by atoms with Gasteiger partial charge in [-0.05, 0) is 31.0 Å². The molecule has 0 atom stereocenters. The number of amides is 1. The molecule has 7 heteroatoms. The minimum atomic E-state index is -0.0171. The van der Waals surface area contributed by atoms with Gasteiger partial charge in [0.2, 0.25) is 0 Å². The van der Waals surface area contributed by atoms with Crippen molar-refractivity contribution in [1.82, 2.24) is 25.1 Å². The summed E-state index contributed by atoms with van der Waals surface area (Å²) in [5.74, 6) is 2.12. The Labute approximate surface area is 151 Å². The van der Waals surface area contributed by atoms with Gasteiger partial charge in [0.1, 0.15) is 17.3 Å². The van der Waals surface area contributed by atoms with Gasteiger partial charge in [-0.15, -0.1) is 0 Å². The summed E-state index contributed by atoms with van der Waals surface area (Å²) in [5.41, 5.74) is 2.07. The van der Waals surface area contributed by atoms with Gasteiger partial charge in [0, 0.05) is 37.0 Å². The van der Waals surface area contributed by atoms with Crippen molar-refractivity contribution < 1.29 is 9.53 Å². The Kier molecular flexibility index (Phi) is 4.43. The molecule has 0 aliphatic carbocycles. The first-order chi connectivity index (χ1) is 12.8. The van der Waals surface area contributed by atoms with E-state index in [1.165, 1.54) is 0 Å². The highest BCUT2D eigenvalue weighted by molar-refractivity contribution is 5.93. The molecule has 1 aliphatic heterocycles. The molecule has 134 valence electrons. The summed E-state index contributed by atoms with van der Waals surface area (Å²) in [6.07, 6.45) is 5.44. The Morgan fingerprint density at radius 3 is 2.81 bits per heavy atom. The van der Waals surface area contributed by atoms with Crippen molar-refractivity contribution in [1.29, 1.82) is 0 Å². The number of likely N-dealkylation sites (tertiary alicyclic amines) is 1. The number of carbonyl (C=O) groups excluding carboxylic acids is 1. The Balaban J connectivity index is 1.46. The number of methoxy groups -OCH3 is 1. The van der Waals surface area contributed by atoms with Crippen LogP contribution in [0.4, 0.5) is 0 Å². The number of hydrogen-bond donors (Lipinski definition) is 2. The number of ether oxygens (including phenoxy) is 1. The molecule has 0 saturated carbocycles. The number of benzene rings is 1. The third kappa shape index (κ3) is 3.08. The van der Waals surface area contributed by atoms with E-state index in [1.54, 1.807) is 19.4 Å². The van der Waals surface area contributed by atoms with Crippen molar-refractivity contribution in [2.24, 2.45) is 0 Å². The molecule has 1 saturated heterocycles. The predicted octanol–water partition coefficient (Wildman–Crippen LogP) is 2.83. The topological polar surface area (TPSA) is 86.9 Å². The minimum absolute atomic E-state index is 0.0171. The van der Waals surface area contributed by atoms with Crippen LogP contribution < -0.4 is 4.74 Å². The molecule has 4 rings (SSSR count). The van der Waals surface area contributed by atoms with Crippen LogP contribution in [0.25, 0.3) is 11.3 Å². The molecule has 0 bridgehead atoms. The molecule has 2 aromatic heterocycles. The highest BCUT2D eigenvalue weighted by Crippen LogP contribution is 2.29. The zero-order valence-corrected chi connectivity index (χ0v) is 14.6. The van der Waals surface area contributed by atoms with Crippen LogP contribution in [0, 0.1) is 0 Å². The first-order valence-corrected chi connectivity index (χ1v) is 8.73. The van der Waals surface area contributed by atoms with Gasteiger partial charge in [-0.2, -0.15) is 5.10 Å². The van der Waals surface area contributed by atoms with Crippen LogP contribution in [-0.2, 0) is 0 Å². The van der Waals surface area contributed by atoms with Crippen LogP contribution in [0.1, 0.15) is 35.1 Å². The number of carbonyl (C=O) groups is 1. The summed E-state index contributed by atoms with van der Waals surface area (Å²) in [5, 5.41) is 7.18. The number of hydrogen-bond acceptors (Lipinski definition) is 4. The highest BCUT2D eigenvalue weighted by atomic mass is 16.5. The number of para-hydroxylation sites is 1. The summed E-state index contributed by atoms with van der Waals surface area (Å²) in [6, 6.07) is 9.43. The fraction of sp³-hybridized carbons (Fsp3) is 0.316. The molecule has 1 aromatic carbocycles. The van der Waals surface area contributed by atoms with Crippen molar-refractivity contribution in [3.63, 3.8) is 0 Å². The van der Waals surface area contributed by atoms with Crippen molar-refractivity contribution in [3.05, 3.63) is 54.2 Å². The van der Waals surface area contributed by atoms with Gasteiger partial charge in [0.05, 0.1) is 12.8 Å². The van der Waals surface area contributed by atoms with Gasteiger partial charge in [0.25, 0.3) is 5.91 Å². The maximum absolute atomic E-state index is 12.8. The van der Waals surface area contributed by atoms with Crippen LogP contribution in [0.3, 0.4) is 0 Å². The lowest BCUT2D eigenvalue weighted by Crippen LogP contribution is -2.38. The second-order valence-corrected chi connectivity index (χ2v) is 6.41. The van der Waals surface area contributed by atoms with Crippen molar-refractivity contribution in [2.45, 2.75) is 18.8 Å². The van der Waals surface area contributed by atoms with E-state index in [-0.39, 0.29) is 5.91 Å². The van der Waals surface area contributed by atoms with E-state index >= 15 is 0 Å². The maximum atomic E-state index is 12.8. The zero-order valence-electron chi connectivity index (χ0n) is 14.6. The Morgan fingerprint density at radius 2 is 2.08 bits per heavy atom. The summed E-state index contributed by atoms with van der Waals surface area (Å²) in [6.45, 7) is 1.43. The normalized spacial score (nSPS) is 15.2. The minimum Gasteiger partial charge on any atom is -0.496 e. The molecule has 3 aromatic rings. The average molecular weight is 351 g/mol. The molecule has 1 amide bonds. The fourth-order valence-electron chi connectivity index (χ4n) is 3.45. The number of piperidine rings is 1. The average Bonchev–Trinajstić information content (AvgIpc) is 3.39. The first-order valence-electron chi connectivity index (χ1n) is 8.73. The lowest BCUT2D eigenvalue weighted by molar-refractivity contribution is 0.0705. The molecule has 7 nitrogen and oxygen atoms in total. The number of nitrogens with one attached hydrogen (secondary N) is 2. The number of H-pyrrole nitrogens is 2. The van der Waals surface area contributed by atoms with Gasteiger partial charge in [-0.3, -0.25) is 9.89 Å². The predicted molar refractivity (Wildman–Crippen MR) is 97.0 cm³/mol. The third-order valence-electron chi connectivity index (χ3n) is 4.88. The Bertz CT molecular complexity index is 879. The van der Waals surface area contributed by atoms with E-state index in [9.17, 15) is 4.79 Å². The third-order valence-corrected chi connectivity index (χ3v) is 4.88. The van der Waals surface area contributed by atoms with E-state index in [0.29, 0.717) is 30.4 Å². The molecule has 3 heterocycles. The molecule has 1 fully saturated rings. The Hall–Kier alpha value is -3.09. The quantitative estimate of drug-likeness (QED) is 0.757. The van der Waals surface area contributed by atoms with Gasteiger partial charge >= 0.3 is 0 Å². The smallest absolute Gasteiger partial charge is 0.271 e. The molecule has 0 unspecified atom stereocenters. The van der Waals surface area contributed by atoms with Crippen molar-refractivity contribution >= 4 is 5.91 Å². The number of nitrogens with zero attached hydrogens (tertiary/aromatic N) is 3. The van der Waals surface area contributed by atoms with E-state index in [1.807, 2.05) is 35.4 Å². The van der Waals surface area contributed by atoms with Crippen LogP contribution in [0.15, 0.2) is 42.7 Å². The molecule has 0 radical (unpaired) electrons. The monoisotopic (exact) mass is 351 g/mol. The number of imidazole rings is 1.